The molecule has 0 radical (unpaired) electrons. The zero-order valence-corrected chi connectivity index (χ0v) is 11.7. The van der Waals surface area contributed by atoms with Crippen molar-refractivity contribution in [3.05, 3.63) is 45.9 Å². The van der Waals surface area contributed by atoms with Crippen LogP contribution in [0, 0.1) is 6.92 Å². The summed E-state index contributed by atoms with van der Waals surface area (Å²) in [5.74, 6) is 0.00701. The van der Waals surface area contributed by atoms with Crippen LogP contribution in [-0.2, 0) is 17.8 Å². The van der Waals surface area contributed by atoms with Crippen molar-refractivity contribution in [3.63, 3.8) is 0 Å². The molecule has 0 saturated carbocycles. The van der Waals surface area contributed by atoms with E-state index in [9.17, 15) is 4.79 Å². The van der Waals surface area contributed by atoms with E-state index in [2.05, 4.69) is 22.9 Å². The van der Waals surface area contributed by atoms with Crippen LogP contribution in [0.5, 0.6) is 0 Å². The number of rotatable bonds is 4. The van der Waals surface area contributed by atoms with Gasteiger partial charge in [-0.1, -0.05) is 12.1 Å². The first kappa shape index (κ1) is 13.1. The Labute approximate surface area is 116 Å². The van der Waals surface area contributed by atoms with E-state index in [0.717, 1.165) is 21.2 Å². The summed E-state index contributed by atoms with van der Waals surface area (Å²) in [6, 6.07) is 7.59. The van der Waals surface area contributed by atoms with Gasteiger partial charge in [-0.3, -0.25) is 4.79 Å². The minimum absolute atomic E-state index is 0.00701. The van der Waals surface area contributed by atoms with Gasteiger partial charge in [0.1, 0.15) is 0 Å². The average Bonchev–Trinajstić information content (AvgIpc) is 2.76. The van der Waals surface area contributed by atoms with Crippen molar-refractivity contribution in [3.8, 4) is 0 Å². The van der Waals surface area contributed by atoms with Gasteiger partial charge in [-0.2, -0.15) is 0 Å². The molecule has 0 atom stereocenters. The van der Waals surface area contributed by atoms with E-state index < -0.39 is 0 Å². The summed E-state index contributed by atoms with van der Waals surface area (Å²) >= 11 is 5.80. The van der Waals surface area contributed by atoms with Crippen molar-refractivity contribution in [1.82, 2.24) is 10.3 Å². The summed E-state index contributed by atoms with van der Waals surface area (Å²) in [5, 5.41) is 5.84. The van der Waals surface area contributed by atoms with E-state index in [1.54, 1.807) is 11.3 Å². The number of aromatic nitrogens is 1. The van der Waals surface area contributed by atoms with E-state index in [-0.39, 0.29) is 5.91 Å². The Kier molecular flexibility index (Phi) is 4.38. The van der Waals surface area contributed by atoms with Crippen molar-refractivity contribution in [2.45, 2.75) is 24.8 Å². The number of amides is 1. The highest BCUT2D eigenvalue weighted by atomic mass is 32.1. The monoisotopic (exact) mass is 278 g/mol. The SMILES string of the molecule is Cc1nc(CNC(=O)Cc2ccc(S)cc2)cs1. The third-order valence-electron chi connectivity index (χ3n) is 2.43. The fourth-order valence-electron chi connectivity index (χ4n) is 1.54. The lowest BCUT2D eigenvalue weighted by molar-refractivity contribution is -0.120. The van der Waals surface area contributed by atoms with Crippen molar-refractivity contribution >= 4 is 29.9 Å². The number of hydrogen-bond donors (Lipinski definition) is 2. The topological polar surface area (TPSA) is 42.0 Å². The molecule has 2 rings (SSSR count). The van der Waals surface area contributed by atoms with Gasteiger partial charge in [-0.15, -0.1) is 24.0 Å². The number of aryl methyl sites for hydroxylation is 1. The average molecular weight is 278 g/mol. The van der Waals surface area contributed by atoms with Crippen LogP contribution < -0.4 is 5.32 Å². The van der Waals surface area contributed by atoms with E-state index >= 15 is 0 Å². The maximum Gasteiger partial charge on any atom is 0.224 e. The molecular weight excluding hydrogens is 264 g/mol. The predicted octanol–water partition coefficient (Wildman–Crippen LogP) is 2.60. The minimum atomic E-state index is 0.00701. The van der Waals surface area contributed by atoms with Crippen LogP contribution in [0.15, 0.2) is 34.5 Å². The van der Waals surface area contributed by atoms with E-state index in [0.29, 0.717) is 13.0 Å². The van der Waals surface area contributed by atoms with Gasteiger partial charge in [-0.25, -0.2) is 4.98 Å². The molecule has 1 heterocycles. The quantitative estimate of drug-likeness (QED) is 0.844. The fraction of sp³-hybridized carbons (Fsp3) is 0.231. The highest BCUT2D eigenvalue weighted by molar-refractivity contribution is 7.80. The lowest BCUT2D eigenvalue weighted by Gasteiger charge is -2.03. The minimum Gasteiger partial charge on any atom is -0.350 e. The van der Waals surface area contributed by atoms with Crippen LogP contribution >= 0.6 is 24.0 Å². The molecule has 94 valence electrons. The number of carbonyl (C=O) groups excluding carboxylic acids is 1. The van der Waals surface area contributed by atoms with Crippen molar-refractivity contribution < 1.29 is 4.79 Å². The summed E-state index contributed by atoms with van der Waals surface area (Å²) in [5.41, 5.74) is 1.90. The highest BCUT2D eigenvalue weighted by Crippen LogP contribution is 2.09. The lowest BCUT2D eigenvalue weighted by Crippen LogP contribution is -2.24. The smallest absolute Gasteiger partial charge is 0.224 e. The van der Waals surface area contributed by atoms with E-state index in [1.807, 2.05) is 36.6 Å². The molecule has 0 spiro atoms. The van der Waals surface area contributed by atoms with Gasteiger partial charge in [0.05, 0.1) is 23.7 Å². The van der Waals surface area contributed by atoms with E-state index in [4.69, 9.17) is 0 Å². The molecule has 1 aromatic heterocycles. The zero-order chi connectivity index (χ0) is 13.0. The second-order valence-corrected chi connectivity index (χ2v) is 5.56. The molecule has 18 heavy (non-hydrogen) atoms. The second kappa shape index (κ2) is 6.02. The Morgan fingerprint density at radius 3 is 2.72 bits per heavy atom. The predicted molar refractivity (Wildman–Crippen MR) is 76.1 cm³/mol. The highest BCUT2D eigenvalue weighted by Gasteiger charge is 2.04. The van der Waals surface area contributed by atoms with Crippen molar-refractivity contribution in [2.24, 2.45) is 0 Å². The van der Waals surface area contributed by atoms with Crippen LogP contribution in [0.25, 0.3) is 0 Å². The lowest BCUT2D eigenvalue weighted by atomic mass is 10.1. The van der Waals surface area contributed by atoms with Gasteiger partial charge < -0.3 is 5.32 Å². The van der Waals surface area contributed by atoms with Crippen LogP contribution in [0.3, 0.4) is 0 Å². The molecular formula is C13H14N2OS2. The third kappa shape index (κ3) is 3.85. The molecule has 0 saturated heterocycles. The molecule has 0 bridgehead atoms. The molecule has 0 aliphatic heterocycles. The van der Waals surface area contributed by atoms with Gasteiger partial charge in [0.25, 0.3) is 0 Å². The largest absolute Gasteiger partial charge is 0.350 e. The Morgan fingerprint density at radius 1 is 1.39 bits per heavy atom. The molecule has 1 aromatic carbocycles. The molecule has 5 heteroatoms. The van der Waals surface area contributed by atoms with Gasteiger partial charge in [0, 0.05) is 10.3 Å². The number of benzene rings is 1. The Balaban J connectivity index is 1.83. The molecule has 0 unspecified atom stereocenters. The van der Waals surface area contributed by atoms with Gasteiger partial charge >= 0.3 is 0 Å². The van der Waals surface area contributed by atoms with Gasteiger partial charge in [0.15, 0.2) is 0 Å². The Bertz CT molecular complexity index is 534. The Morgan fingerprint density at radius 2 is 2.11 bits per heavy atom. The van der Waals surface area contributed by atoms with Crippen LogP contribution in [0.1, 0.15) is 16.3 Å². The van der Waals surface area contributed by atoms with Crippen LogP contribution in [-0.4, -0.2) is 10.9 Å². The summed E-state index contributed by atoms with van der Waals surface area (Å²) in [4.78, 5) is 16.9. The number of thiol groups is 1. The standard InChI is InChI=1S/C13H14N2OS2/c1-9-15-11(8-18-9)7-14-13(16)6-10-2-4-12(17)5-3-10/h2-5,8,17H,6-7H2,1H3,(H,14,16). The number of nitrogens with one attached hydrogen (secondary N) is 1. The normalized spacial score (nSPS) is 10.3. The summed E-state index contributed by atoms with van der Waals surface area (Å²) in [7, 11) is 0. The molecule has 0 fully saturated rings. The number of hydrogen-bond acceptors (Lipinski definition) is 4. The Hall–Kier alpha value is -1.33. The summed E-state index contributed by atoms with van der Waals surface area (Å²) < 4.78 is 0. The molecule has 1 N–H and O–H groups in total. The first-order valence-electron chi connectivity index (χ1n) is 5.59. The molecule has 3 nitrogen and oxygen atoms in total. The van der Waals surface area contributed by atoms with Crippen molar-refractivity contribution in [2.75, 3.05) is 0 Å². The maximum absolute atomic E-state index is 11.7. The summed E-state index contributed by atoms with van der Waals surface area (Å²) in [6.07, 6.45) is 0.386. The summed E-state index contributed by atoms with van der Waals surface area (Å²) in [6.45, 7) is 2.45. The first-order chi connectivity index (χ1) is 8.63. The van der Waals surface area contributed by atoms with Gasteiger partial charge in [-0.05, 0) is 24.6 Å². The zero-order valence-electron chi connectivity index (χ0n) is 10.0. The third-order valence-corrected chi connectivity index (χ3v) is 3.55. The van der Waals surface area contributed by atoms with Gasteiger partial charge in [0.2, 0.25) is 5.91 Å². The number of thiazole rings is 1. The molecule has 2 aromatic rings. The first-order valence-corrected chi connectivity index (χ1v) is 6.92. The molecule has 1 amide bonds. The van der Waals surface area contributed by atoms with Crippen LogP contribution in [0.4, 0.5) is 0 Å². The van der Waals surface area contributed by atoms with Crippen molar-refractivity contribution in [1.29, 1.82) is 0 Å². The second-order valence-electron chi connectivity index (χ2n) is 3.98. The number of nitrogens with zero attached hydrogens (tertiary/aromatic N) is 1. The number of carbonyl (C=O) groups is 1. The maximum atomic E-state index is 11.7. The fourth-order valence-corrected chi connectivity index (χ4v) is 2.30. The molecule has 0 aliphatic carbocycles. The van der Waals surface area contributed by atoms with Crippen LogP contribution in [0.2, 0.25) is 0 Å². The van der Waals surface area contributed by atoms with E-state index in [1.165, 1.54) is 0 Å². The molecule has 0 aliphatic rings.